The first-order chi connectivity index (χ1) is 2.50. The molecule has 36 valence electrons. The van der Waals surface area contributed by atoms with E-state index in [0.717, 1.165) is 0 Å². The van der Waals surface area contributed by atoms with Gasteiger partial charge in [-0.15, -0.1) is 0 Å². The van der Waals surface area contributed by atoms with Crippen LogP contribution >= 0.6 is 0 Å². The molecule has 5 heteroatoms. The Morgan fingerprint density at radius 3 is 2.50 bits per heavy atom. The third-order valence-corrected chi connectivity index (χ3v) is 0.247. The first kappa shape index (κ1) is 5.81. The summed E-state index contributed by atoms with van der Waals surface area (Å²) in [4.78, 5) is 0. The first-order valence-corrected chi connectivity index (χ1v) is 1.12. The molecule has 1 heterocycles. The van der Waals surface area contributed by atoms with Crippen molar-refractivity contribution in [1.82, 2.24) is 20.6 Å². The molecule has 1 aromatic rings. The van der Waals surface area contributed by atoms with Gasteiger partial charge in [0.25, 0.3) is 0 Å². The molecule has 0 unspecified atom stereocenters. The van der Waals surface area contributed by atoms with E-state index in [-0.39, 0.29) is 22.4 Å². The van der Waals surface area contributed by atoms with Crippen molar-refractivity contribution >= 4 is 0 Å². The van der Waals surface area contributed by atoms with Crippen LogP contribution in [0, 0.1) is 0 Å². The summed E-state index contributed by atoms with van der Waals surface area (Å²) in [6.07, 6.45) is 1.28. The van der Waals surface area contributed by atoms with Crippen molar-refractivity contribution in [2.24, 2.45) is 0 Å². The van der Waals surface area contributed by atoms with E-state index in [0.29, 0.717) is 0 Å². The minimum atomic E-state index is 0. The van der Waals surface area contributed by atoms with Crippen LogP contribution in [-0.2, 0) is 22.4 Å². The number of tetrazole rings is 1. The first-order valence-electron chi connectivity index (χ1n) is 1.12. The van der Waals surface area contributed by atoms with Crippen molar-refractivity contribution in [3.8, 4) is 0 Å². The minimum absolute atomic E-state index is 0. The van der Waals surface area contributed by atoms with E-state index in [1.807, 2.05) is 0 Å². The zero-order valence-corrected chi connectivity index (χ0v) is 4.15. The van der Waals surface area contributed by atoms with E-state index in [1.165, 1.54) is 6.33 Å². The Kier molecular flexibility index (Phi) is 2.92. The van der Waals surface area contributed by atoms with E-state index in [2.05, 4.69) is 20.6 Å². The molecule has 0 atom stereocenters. The molecule has 6 heavy (non-hydrogen) atoms. The Morgan fingerprint density at radius 2 is 2.33 bits per heavy atom. The number of rotatable bonds is 0. The summed E-state index contributed by atoms with van der Waals surface area (Å²) < 4.78 is 0. The van der Waals surface area contributed by atoms with E-state index in [4.69, 9.17) is 0 Å². The molecule has 0 aromatic carbocycles. The molecule has 0 radical (unpaired) electrons. The summed E-state index contributed by atoms with van der Waals surface area (Å²) >= 11 is 0. The fourth-order valence-corrected chi connectivity index (χ4v) is 0.115. The summed E-state index contributed by atoms with van der Waals surface area (Å²) in [6, 6.07) is 0. The number of nitrogens with zero attached hydrogens (tertiary/aromatic N) is 4. The van der Waals surface area contributed by atoms with Crippen LogP contribution in [0.2, 0.25) is 0 Å². The van der Waals surface area contributed by atoms with Crippen LogP contribution in [0.4, 0.5) is 0 Å². The van der Waals surface area contributed by atoms with Crippen LogP contribution in [-0.4, -0.2) is 15.5 Å². The second-order valence-corrected chi connectivity index (χ2v) is 0.525. The van der Waals surface area contributed by atoms with E-state index >= 15 is 0 Å². The Morgan fingerprint density at radius 1 is 1.50 bits per heavy atom. The number of hydrogen-bond acceptors (Lipinski definition) is 3. The van der Waals surface area contributed by atoms with Crippen molar-refractivity contribution in [1.29, 1.82) is 0 Å². The molecule has 0 aliphatic carbocycles. The molecule has 0 aliphatic rings. The van der Waals surface area contributed by atoms with Crippen molar-refractivity contribution in [2.45, 2.75) is 0 Å². The van der Waals surface area contributed by atoms with Gasteiger partial charge in [0.1, 0.15) is 0 Å². The van der Waals surface area contributed by atoms with E-state index < -0.39 is 0 Å². The van der Waals surface area contributed by atoms with Gasteiger partial charge in [-0.1, -0.05) is 0 Å². The Bertz CT molecular complexity index is 64.0. The second-order valence-electron chi connectivity index (χ2n) is 0.525. The third-order valence-electron chi connectivity index (χ3n) is 0.247. The Hall–Kier alpha value is -0.190. The molecule has 4 nitrogen and oxygen atoms in total. The maximum absolute atomic E-state index is 3.25. The minimum Gasteiger partial charge on any atom is -0.339 e. The number of hydrogen-bond donors (Lipinski definition) is 0. The van der Waals surface area contributed by atoms with Gasteiger partial charge in [0.15, 0.2) is 0 Å². The van der Waals surface area contributed by atoms with Crippen molar-refractivity contribution in [3.05, 3.63) is 6.33 Å². The van der Waals surface area contributed by atoms with Crippen molar-refractivity contribution < 1.29 is 22.4 Å². The molecule has 0 spiro atoms. The summed E-state index contributed by atoms with van der Waals surface area (Å²) in [7, 11) is 0. The average molecular weight is 177 g/mol. The van der Waals surface area contributed by atoms with Gasteiger partial charge in [-0.3, -0.25) is 10.3 Å². The molecular formula is CHAgN4. The molecule has 1 aromatic heterocycles. The van der Waals surface area contributed by atoms with Gasteiger partial charge < -0.3 is 5.10 Å². The largest absolute Gasteiger partial charge is 1.00 e. The fourth-order valence-electron chi connectivity index (χ4n) is 0.115. The molecule has 0 N–H and O–H groups in total. The normalized spacial score (nSPS) is 6.67. The monoisotopic (exact) mass is 176 g/mol. The van der Waals surface area contributed by atoms with Gasteiger partial charge in [0.2, 0.25) is 0 Å². The second kappa shape index (κ2) is 3.02. The van der Waals surface area contributed by atoms with Gasteiger partial charge in [-0.2, -0.15) is 5.21 Å². The van der Waals surface area contributed by atoms with Crippen molar-refractivity contribution in [3.63, 3.8) is 0 Å². The molecule has 0 amide bonds. The maximum Gasteiger partial charge on any atom is 1.00 e. The van der Waals surface area contributed by atoms with E-state index in [9.17, 15) is 0 Å². The summed E-state index contributed by atoms with van der Waals surface area (Å²) in [5, 5.41) is 12.7. The maximum atomic E-state index is 3.25. The summed E-state index contributed by atoms with van der Waals surface area (Å²) in [6.45, 7) is 0. The standard InChI is InChI=1S/CHN4.Ag/c1-2-4-5-3-1;/h1H;/q-1;+1. The Balaban J connectivity index is 0.000000250. The predicted octanol–water partition coefficient (Wildman–Crippen LogP) is -1.17. The SMILES string of the molecule is [Ag+].c1nnn[n-]1. The van der Waals surface area contributed by atoms with E-state index in [1.54, 1.807) is 0 Å². The van der Waals surface area contributed by atoms with Crippen LogP contribution in [0.25, 0.3) is 0 Å². The van der Waals surface area contributed by atoms with Crippen molar-refractivity contribution in [2.75, 3.05) is 0 Å². The van der Waals surface area contributed by atoms with Crippen LogP contribution < -0.4 is 5.10 Å². The van der Waals surface area contributed by atoms with Gasteiger partial charge in [-0.05, 0) is 6.33 Å². The van der Waals surface area contributed by atoms with Crippen LogP contribution in [0.5, 0.6) is 0 Å². The zero-order valence-electron chi connectivity index (χ0n) is 2.67. The summed E-state index contributed by atoms with van der Waals surface area (Å²) in [5.41, 5.74) is 0. The fraction of sp³-hybridized carbons (Fsp3) is 0. The van der Waals surface area contributed by atoms with Crippen LogP contribution in [0.1, 0.15) is 0 Å². The third kappa shape index (κ3) is 1.30. The van der Waals surface area contributed by atoms with Crippen LogP contribution in [0.3, 0.4) is 0 Å². The smallest absolute Gasteiger partial charge is 0.339 e. The number of aromatic nitrogens is 4. The van der Waals surface area contributed by atoms with Gasteiger partial charge in [0, 0.05) is 0 Å². The summed E-state index contributed by atoms with van der Waals surface area (Å²) in [5.74, 6) is 0. The predicted molar refractivity (Wildman–Crippen MR) is 13.1 cm³/mol. The molecule has 0 saturated heterocycles. The van der Waals surface area contributed by atoms with Gasteiger partial charge in [0.05, 0.1) is 0 Å². The topological polar surface area (TPSA) is 52.8 Å². The molecule has 1 rings (SSSR count). The molecule has 0 aliphatic heterocycles. The molecule has 0 saturated carbocycles. The van der Waals surface area contributed by atoms with Crippen LogP contribution in [0.15, 0.2) is 6.33 Å². The molecular weight excluding hydrogens is 176 g/mol. The molecule has 0 bridgehead atoms. The van der Waals surface area contributed by atoms with Gasteiger partial charge in [-0.25, -0.2) is 0 Å². The average Bonchev–Trinajstić information content (AvgIpc) is 1.76. The zero-order chi connectivity index (χ0) is 3.54. The quantitative estimate of drug-likeness (QED) is 0.468. The van der Waals surface area contributed by atoms with Gasteiger partial charge >= 0.3 is 22.4 Å². The molecule has 0 fully saturated rings. The Labute approximate surface area is 49.8 Å².